The van der Waals surface area contributed by atoms with E-state index in [-0.39, 0.29) is 11.8 Å². The number of hydrogen-bond donors (Lipinski definition) is 2. The van der Waals surface area contributed by atoms with Crippen LogP contribution in [0, 0.1) is 5.41 Å². The minimum Gasteiger partial charge on any atom is -0.481 e. The normalized spacial score (nSPS) is 25.5. The van der Waals surface area contributed by atoms with E-state index in [0.29, 0.717) is 6.04 Å². The number of rotatable bonds is 5. The molecule has 0 aromatic heterocycles. The standard InChI is InChI=1S/C13H26N2O2/c1-4-7-15-8-11(5-6-12(16)17)14-9-13(2,3)10-15/h11,14H,4-10H2,1-3H3,(H,16,17). The van der Waals surface area contributed by atoms with Gasteiger partial charge in [0, 0.05) is 32.1 Å². The second kappa shape index (κ2) is 6.36. The first-order valence-corrected chi connectivity index (χ1v) is 6.60. The van der Waals surface area contributed by atoms with Crippen LogP contribution in [0.5, 0.6) is 0 Å². The Labute approximate surface area is 104 Å². The van der Waals surface area contributed by atoms with Crippen LogP contribution in [0.1, 0.15) is 40.0 Å². The van der Waals surface area contributed by atoms with E-state index in [4.69, 9.17) is 5.11 Å². The van der Waals surface area contributed by atoms with Crippen molar-refractivity contribution in [3.63, 3.8) is 0 Å². The van der Waals surface area contributed by atoms with Gasteiger partial charge in [-0.2, -0.15) is 0 Å². The van der Waals surface area contributed by atoms with E-state index in [1.165, 1.54) is 0 Å². The largest absolute Gasteiger partial charge is 0.481 e. The Hall–Kier alpha value is -0.610. The molecule has 0 aromatic carbocycles. The van der Waals surface area contributed by atoms with Crippen LogP contribution in [0.2, 0.25) is 0 Å². The number of carboxylic acid groups (broad SMARTS) is 1. The van der Waals surface area contributed by atoms with Gasteiger partial charge < -0.3 is 15.3 Å². The molecule has 1 fully saturated rings. The van der Waals surface area contributed by atoms with Gasteiger partial charge in [0.1, 0.15) is 0 Å². The zero-order chi connectivity index (χ0) is 12.9. The second-order valence-corrected chi connectivity index (χ2v) is 5.91. The fourth-order valence-corrected chi connectivity index (χ4v) is 2.50. The molecule has 1 rings (SSSR count). The predicted molar refractivity (Wildman–Crippen MR) is 69.2 cm³/mol. The number of carboxylic acids is 1. The second-order valence-electron chi connectivity index (χ2n) is 5.91. The summed E-state index contributed by atoms with van der Waals surface area (Å²) in [5.41, 5.74) is 0.271. The van der Waals surface area contributed by atoms with Gasteiger partial charge in [-0.05, 0) is 24.8 Å². The van der Waals surface area contributed by atoms with Crippen LogP contribution in [-0.4, -0.2) is 48.2 Å². The number of nitrogens with one attached hydrogen (secondary N) is 1. The third-order valence-corrected chi connectivity index (χ3v) is 3.25. The molecule has 1 aliphatic heterocycles. The first kappa shape index (κ1) is 14.5. The highest BCUT2D eigenvalue weighted by molar-refractivity contribution is 5.66. The molecule has 0 amide bonds. The highest BCUT2D eigenvalue weighted by atomic mass is 16.4. The fourth-order valence-electron chi connectivity index (χ4n) is 2.50. The summed E-state index contributed by atoms with van der Waals surface area (Å²) in [6.07, 6.45) is 2.14. The van der Waals surface area contributed by atoms with Crippen LogP contribution < -0.4 is 5.32 Å². The average Bonchev–Trinajstić information content (AvgIpc) is 2.34. The van der Waals surface area contributed by atoms with Crippen molar-refractivity contribution in [1.82, 2.24) is 10.2 Å². The van der Waals surface area contributed by atoms with Gasteiger partial charge in [-0.3, -0.25) is 4.79 Å². The van der Waals surface area contributed by atoms with E-state index >= 15 is 0 Å². The Morgan fingerprint density at radius 2 is 2.24 bits per heavy atom. The third-order valence-electron chi connectivity index (χ3n) is 3.25. The molecule has 1 saturated heterocycles. The Balaban J connectivity index is 2.53. The molecule has 0 aliphatic carbocycles. The lowest BCUT2D eigenvalue weighted by atomic mass is 9.93. The van der Waals surface area contributed by atoms with E-state index in [9.17, 15) is 4.79 Å². The molecule has 0 spiro atoms. The summed E-state index contributed by atoms with van der Waals surface area (Å²) in [6, 6.07) is 0.319. The molecule has 4 heteroatoms. The van der Waals surface area contributed by atoms with Crippen molar-refractivity contribution in [2.45, 2.75) is 46.1 Å². The number of aliphatic carboxylic acids is 1. The summed E-state index contributed by atoms with van der Waals surface area (Å²) in [6.45, 7) is 10.9. The van der Waals surface area contributed by atoms with E-state index in [0.717, 1.165) is 39.0 Å². The lowest BCUT2D eigenvalue weighted by molar-refractivity contribution is -0.137. The molecule has 1 unspecified atom stereocenters. The summed E-state index contributed by atoms with van der Waals surface area (Å²) in [4.78, 5) is 13.1. The summed E-state index contributed by atoms with van der Waals surface area (Å²) >= 11 is 0. The molecular weight excluding hydrogens is 216 g/mol. The van der Waals surface area contributed by atoms with Crippen molar-refractivity contribution in [3.05, 3.63) is 0 Å². The number of hydrogen-bond acceptors (Lipinski definition) is 3. The van der Waals surface area contributed by atoms with Crippen LogP contribution in [0.3, 0.4) is 0 Å². The SMILES string of the molecule is CCCN1CC(CCC(=O)O)NCC(C)(C)C1. The fraction of sp³-hybridized carbons (Fsp3) is 0.923. The summed E-state index contributed by atoms with van der Waals surface area (Å²) in [5.74, 6) is -0.697. The maximum Gasteiger partial charge on any atom is 0.303 e. The van der Waals surface area contributed by atoms with Crippen molar-refractivity contribution in [2.75, 3.05) is 26.2 Å². The summed E-state index contributed by atoms with van der Waals surface area (Å²) in [5, 5.41) is 12.3. The zero-order valence-corrected chi connectivity index (χ0v) is 11.3. The number of nitrogens with zero attached hydrogens (tertiary/aromatic N) is 1. The molecular formula is C13H26N2O2. The topological polar surface area (TPSA) is 52.6 Å². The highest BCUT2D eigenvalue weighted by Crippen LogP contribution is 2.20. The van der Waals surface area contributed by atoms with Gasteiger partial charge in [0.2, 0.25) is 0 Å². The predicted octanol–water partition coefficient (Wildman–Crippen LogP) is 1.56. The van der Waals surface area contributed by atoms with E-state index in [2.05, 4.69) is 31.0 Å². The zero-order valence-electron chi connectivity index (χ0n) is 11.3. The Morgan fingerprint density at radius 3 is 2.82 bits per heavy atom. The molecule has 100 valence electrons. The molecule has 1 atom stereocenters. The van der Waals surface area contributed by atoms with E-state index in [1.54, 1.807) is 0 Å². The van der Waals surface area contributed by atoms with Gasteiger partial charge in [0.05, 0.1) is 0 Å². The van der Waals surface area contributed by atoms with Gasteiger partial charge in [-0.25, -0.2) is 0 Å². The molecule has 2 N–H and O–H groups in total. The minimum absolute atomic E-state index is 0.262. The molecule has 0 bridgehead atoms. The van der Waals surface area contributed by atoms with Crippen molar-refractivity contribution >= 4 is 5.97 Å². The van der Waals surface area contributed by atoms with Crippen molar-refractivity contribution in [2.24, 2.45) is 5.41 Å². The summed E-state index contributed by atoms with van der Waals surface area (Å²) < 4.78 is 0. The molecule has 17 heavy (non-hydrogen) atoms. The highest BCUT2D eigenvalue weighted by Gasteiger charge is 2.28. The van der Waals surface area contributed by atoms with Gasteiger partial charge in [0.25, 0.3) is 0 Å². The van der Waals surface area contributed by atoms with Crippen LogP contribution in [0.15, 0.2) is 0 Å². The molecule has 0 aromatic rings. The van der Waals surface area contributed by atoms with Gasteiger partial charge in [-0.15, -0.1) is 0 Å². The van der Waals surface area contributed by atoms with Crippen molar-refractivity contribution in [1.29, 1.82) is 0 Å². The number of carbonyl (C=O) groups is 1. The molecule has 0 saturated carbocycles. The maximum atomic E-state index is 10.6. The summed E-state index contributed by atoms with van der Waals surface area (Å²) in [7, 11) is 0. The lowest BCUT2D eigenvalue weighted by Crippen LogP contribution is -2.38. The van der Waals surface area contributed by atoms with E-state index < -0.39 is 5.97 Å². The quantitative estimate of drug-likeness (QED) is 0.768. The van der Waals surface area contributed by atoms with E-state index in [1.807, 2.05) is 0 Å². The lowest BCUT2D eigenvalue weighted by Gasteiger charge is -2.28. The van der Waals surface area contributed by atoms with Crippen LogP contribution in [0.25, 0.3) is 0 Å². The van der Waals surface area contributed by atoms with Gasteiger partial charge >= 0.3 is 5.97 Å². The monoisotopic (exact) mass is 242 g/mol. The van der Waals surface area contributed by atoms with Crippen LogP contribution >= 0.6 is 0 Å². The Kier molecular flexibility index (Phi) is 5.40. The first-order valence-electron chi connectivity index (χ1n) is 6.60. The van der Waals surface area contributed by atoms with Gasteiger partial charge in [0.15, 0.2) is 0 Å². The molecule has 0 radical (unpaired) electrons. The first-order chi connectivity index (χ1) is 7.93. The minimum atomic E-state index is -0.697. The molecule has 1 heterocycles. The van der Waals surface area contributed by atoms with Crippen molar-refractivity contribution < 1.29 is 9.90 Å². The third kappa shape index (κ3) is 5.50. The van der Waals surface area contributed by atoms with Gasteiger partial charge in [-0.1, -0.05) is 20.8 Å². The van der Waals surface area contributed by atoms with Crippen molar-refractivity contribution in [3.8, 4) is 0 Å². The van der Waals surface area contributed by atoms with Crippen LogP contribution in [-0.2, 0) is 4.79 Å². The average molecular weight is 242 g/mol. The maximum absolute atomic E-state index is 10.6. The Morgan fingerprint density at radius 1 is 1.53 bits per heavy atom. The smallest absolute Gasteiger partial charge is 0.303 e. The van der Waals surface area contributed by atoms with Crippen LogP contribution in [0.4, 0.5) is 0 Å². The molecule has 4 nitrogen and oxygen atoms in total. The molecule has 1 aliphatic rings. The Bertz CT molecular complexity index is 254.